The molecular formula is C14H20ClN. The van der Waals surface area contributed by atoms with Crippen molar-refractivity contribution in [3.63, 3.8) is 0 Å². The molecule has 1 fully saturated rings. The van der Waals surface area contributed by atoms with E-state index in [2.05, 4.69) is 24.5 Å². The number of halogens is 1. The second-order valence-electron chi connectivity index (χ2n) is 4.75. The van der Waals surface area contributed by atoms with E-state index in [1.54, 1.807) is 0 Å². The number of benzene rings is 1. The van der Waals surface area contributed by atoms with Gasteiger partial charge in [0.05, 0.1) is 0 Å². The summed E-state index contributed by atoms with van der Waals surface area (Å²) in [5.41, 5.74) is 1.37. The van der Waals surface area contributed by atoms with Gasteiger partial charge < -0.3 is 5.32 Å². The molecule has 2 rings (SSSR count). The topological polar surface area (TPSA) is 12.0 Å². The lowest BCUT2D eigenvalue weighted by Gasteiger charge is -2.18. The highest BCUT2D eigenvalue weighted by atomic mass is 35.5. The summed E-state index contributed by atoms with van der Waals surface area (Å²) in [5.74, 6) is 0.851. The fourth-order valence-electron chi connectivity index (χ4n) is 2.81. The largest absolute Gasteiger partial charge is 0.317 e. The van der Waals surface area contributed by atoms with Gasteiger partial charge in [-0.15, -0.1) is 0 Å². The number of nitrogens with one attached hydrogen (secondary N) is 1. The zero-order valence-electron chi connectivity index (χ0n) is 9.88. The SMILES string of the molecule is CNC1CCCC1CCc1cccc(Cl)c1. The first-order chi connectivity index (χ1) is 7.79. The van der Waals surface area contributed by atoms with Gasteiger partial charge in [-0.3, -0.25) is 0 Å². The van der Waals surface area contributed by atoms with Crippen molar-refractivity contribution in [3.05, 3.63) is 34.9 Å². The maximum Gasteiger partial charge on any atom is 0.0408 e. The minimum absolute atomic E-state index is 0.735. The van der Waals surface area contributed by atoms with E-state index in [1.807, 2.05) is 12.1 Å². The molecular weight excluding hydrogens is 218 g/mol. The van der Waals surface area contributed by atoms with Gasteiger partial charge in [0.15, 0.2) is 0 Å². The lowest BCUT2D eigenvalue weighted by molar-refractivity contribution is 0.400. The van der Waals surface area contributed by atoms with Crippen LogP contribution in [0.25, 0.3) is 0 Å². The summed E-state index contributed by atoms with van der Waals surface area (Å²) < 4.78 is 0. The van der Waals surface area contributed by atoms with Crippen molar-refractivity contribution in [3.8, 4) is 0 Å². The standard InChI is InChI=1S/C14H20ClN/c1-16-14-7-3-5-12(14)9-8-11-4-2-6-13(15)10-11/h2,4,6,10,12,14,16H,3,5,7-9H2,1H3. The predicted molar refractivity (Wildman–Crippen MR) is 70.0 cm³/mol. The van der Waals surface area contributed by atoms with Crippen molar-refractivity contribution < 1.29 is 0 Å². The number of rotatable bonds is 4. The first-order valence-corrected chi connectivity index (χ1v) is 6.59. The maximum absolute atomic E-state index is 5.98. The summed E-state index contributed by atoms with van der Waals surface area (Å²) in [6.07, 6.45) is 6.55. The highest BCUT2D eigenvalue weighted by Crippen LogP contribution is 2.29. The van der Waals surface area contributed by atoms with Crippen LogP contribution in [0.2, 0.25) is 5.02 Å². The highest BCUT2D eigenvalue weighted by molar-refractivity contribution is 6.30. The van der Waals surface area contributed by atoms with Crippen molar-refractivity contribution in [1.29, 1.82) is 0 Å². The third-order valence-corrected chi connectivity index (χ3v) is 3.96. The number of aryl methyl sites for hydroxylation is 1. The highest BCUT2D eigenvalue weighted by Gasteiger charge is 2.25. The van der Waals surface area contributed by atoms with Gasteiger partial charge in [0.1, 0.15) is 0 Å². The molecule has 1 nitrogen and oxygen atoms in total. The Morgan fingerprint density at radius 1 is 1.38 bits per heavy atom. The summed E-state index contributed by atoms with van der Waals surface area (Å²) in [6.45, 7) is 0. The summed E-state index contributed by atoms with van der Waals surface area (Å²) in [5, 5.41) is 4.29. The van der Waals surface area contributed by atoms with Gasteiger partial charge in [-0.1, -0.05) is 30.2 Å². The van der Waals surface area contributed by atoms with E-state index in [-0.39, 0.29) is 0 Å². The summed E-state index contributed by atoms with van der Waals surface area (Å²) in [4.78, 5) is 0. The molecule has 2 heteroatoms. The predicted octanol–water partition coefficient (Wildman–Crippen LogP) is 3.66. The van der Waals surface area contributed by atoms with Gasteiger partial charge >= 0.3 is 0 Å². The molecule has 0 bridgehead atoms. The Balaban J connectivity index is 1.87. The molecule has 0 spiro atoms. The molecule has 0 saturated heterocycles. The van der Waals surface area contributed by atoms with Crippen LogP contribution in [-0.2, 0) is 6.42 Å². The average molecular weight is 238 g/mol. The molecule has 88 valence electrons. The maximum atomic E-state index is 5.98. The molecule has 1 aliphatic carbocycles. The number of hydrogen-bond donors (Lipinski definition) is 1. The van der Waals surface area contributed by atoms with Crippen molar-refractivity contribution in [1.82, 2.24) is 5.32 Å². The Bertz CT molecular complexity index is 337. The van der Waals surface area contributed by atoms with E-state index in [0.29, 0.717) is 0 Å². The smallest absolute Gasteiger partial charge is 0.0408 e. The Kier molecular flexibility index (Phi) is 4.25. The van der Waals surface area contributed by atoms with Gasteiger partial charge in [-0.25, -0.2) is 0 Å². The van der Waals surface area contributed by atoms with Crippen LogP contribution in [0.5, 0.6) is 0 Å². The third kappa shape index (κ3) is 2.99. The molecule has 0 aliphatic heterocycles. The fraction of sp³-hybridized carbons (Fsp3) is 0.571. The Labute approximate surface area is 103 Å². The zero-order valence-corrected chi connectivity index (χ0v) is 10.6. The van der Waals surface area contributed by atoms with Gasteiger partial charge in [-0.2, -0.15) is 0 Å². The van der Waals surface area contributed by atoms with Crippen LogP contribution in [0.1, 0.15) is 31.2 Å². The van der Waals surface area contributed by atoms with Crippen molar-refractivity contribution in [2.75, 3.05) is 7.05 Å². The lowest BCUT2D eigenvalue weighted by atomic mass is 9.95. The van der Waals surface area contributed by atoms with E-state index in [1.165, 1.54) is 31.2 Å². The van der Waals surface area contributed by atoms with Crippen LogP contribution in [0, 0.1) is 5.92 Å². The number of hydrogen-bond acceptors (Lipinski definition) is 1. The molecule has 2 unspecified atom stereocenters. The van der Waals surface area contributed by atoms with Crippen molar-refractivity contribution in [2.45, 2.75) is 38.1 Å². The van der Waals surface area contributed by atoms with Gasteiger partial charge in [0, 0.05) is 11.1 Å². The van der Waals surface area contributed by atoms with E-state index >= 15 is 0 Å². The van der Waals surface area contributed by atoms with Crippen LogP contribution >= 0.6 is 11.6 Å². The molecule has 0 radical (unpaired) electrons. The minimum Gasteiger partial charge on any atom is -0.317 e. The zero-order chi connectivity index (χ0) is 11.4. The summed E-state index contributed by atoms with van der Waals surface area (Å²) in [7, 11) is 2.09. The normalized spacial score (nSPS) is 24.9. The van der Waals surface area contributed by atoms with E-state index in [4.69, 9.17) is 11.6 Å². The summed E-state index contributed by atoms with van der Waals surface area (Å²) >= 11 is 5.98. The van der Waals surface area contributed by atoms with E-state index in [0.717, 1.165) is 23.4 Å². The van der Waals surface area contributed by atoms with E-state index in [9.17, 15) is 0 Å². The Morgan fingerprint density at radius 2 is 2.25 bits per heavy atom. The fourth-order valence-corrected chi connectivity index (χ4v) is 3.02. The first kappa shape index (κ1) is 11.9. The molecule has 0 amide bonds. The van der Waals surface area contributed by atoms with Crippen molar-refractivity contribution >= 4 is 11.6 Å². The van der Waals surface area contributed by atoms with E-state index < -0.39 is 0 Å². The van der Waals surface area contributed by atoms with Crippen LogP contribution < -0.4 is 5.32 Å². The molecule has 2 atom stereocenters. The Hall–Kier alpha value is -0.530. The van der Waals surface area contributed by atoms with Crippen molar-refractivity contribution in [2.24, 2.45) is 5.92 Å². The molecule has 1 N–H and O–H groups in total. The van der Waals surface area contributed by atoms with Crippen LogP contribution in [0.3, 0.4) is 0 Å². The van der Waals surface area contributed by atoms with Gasteiger partial charge in [0.2, 0.25) is 0 Å². The molecule has 1 aliphatic rings. The van der Waals surface area contributed by atoms with Gasteiger partial charge in [-0.05, 0) is 56.3 Å². The van der Waals surface area contributed by atoms with Crippen LogP contribution in [-0.4, -0.2) is 13.1 Å². The lowest BCUT2D eigenvalue weighted by Crippen LogP contribution is -2.29. The average Bonchev–Trinajstić information content (AvgIpc) is 2.74. The van der Waals surface area contributed by atoms with Crippen LogP contribution in [0.15, 0.2) is 24.3 Å². The molecule has 1 aromatic carbocycles. The molecule has 16 heavy (non-hydrogen) atoms. The molecule has 1 aromatic rings. The van der Waals surface area contributed by atoms with Gasteiger partial charge in [0.25, 0.3) is 0 Å². The Morgan fingerprint density at radius 3 is 3.00 bits per heavy atom. The summed E-state index contributed by atoms with van der Waals surface area (Å²) in [6, 6.07) is 8.98. The second kappa shape index (κ2) is 5.70. The quantitative estimate of drug-likeness (QED) is 0.843. The third-order valence-electron chi connectivity index (χ3n) is 3.72. The second-order valence-corrected chi connectivity index (χ2v) is 5.19. The monoisotopic (exact) mass is 237 g/mol. The first-order valence-electron chi connectivity index (χ1n) is 6.21. The molecule has 0 aromatic heterocycles. The minimum atomic E-state index is 0.735. The molecule has 0 heterocycles. The molecule has 1 saturated carbocycles. The van der Waals surface area contributed by atoms with Crippen LogP contribution in [0.4, 0.5) is 0 Å².